The van der Waals surface area contributed by atoms with Crippen LogP contribution in [-0.2, 0) is 9.09 Å². The summed E-state index contributed by atoms with van der Waals surface area (Å²) >= 11 is 0. The summed E-state index contributed by atoms with van der Waals surface area (Å²) in [5.74, 6) is 0. The molecule has 0 fully saturated rings. The third kappa shape index (κ3) is 5.60. The van der Waals surface area contributed by atoms with Gasteiger partial charge in [0, 0.05) is 0 Å². The minimum absolute atomic E-state index is 0.885. The van der Waals surface area contributed by atoms with Gasteiger partial charge in [0.2, 0.25) is 0 Å². The van der Waals surface area contributed by atoms with Crippen LogP contribution in [0.1, 0.15) is 0 Å². The van der Waals surface area contributed by atoms with Crippen LogP contribution in [0.3, 0.4) is 0 Å². The molecule has 0 aromatic rings. The van der Waals surface area contributed by atoms with Crippen molar-refractivity contribution in [3.05, 3.63) is 0 Å². The van der Waals surface area contributed by atoms with E-state index in [0.717, 1.165) is 0 Å². The quantitative estimate of drug-likeness (QED) is 0.145. The van der Waals surface area contributed by atoms with E-state index in [4.69, 9.17) is 30.3 Å². The molecule has 0 aromatic carbocycles. The summed E-state index contributed by atoms with van der Waals surface area (Å²) in [6, 6.07) is 0. The van der Waals surface area contributed by atoms with Crippen molar-refractivity contribution in [2.75, 3.05) is 6.61 Å². The zero-order chi connectivity index (χ0) is 11.4. The Balaban J connectivity index is 3.96. The maximum atomic E-state index is 10.1. The molecular formula is C4H12NO8P. The first-order chi connectivity index (χ1) is 6.28. The molecule has 1 unspecified atom stereocenters. The van der Waals surface area contributed by atoms with E-state index in [-0.39, 0.29) is 0 Å². The van der Waals surface area contributed by atoms with Crippen molar-refractivity contribution in [2.45, 2.75) is 18.4 Å². The van der Waals surface area contributed by atoms with Crippen LogP contribution in [0.4, 0.5) is 0 Å². The maximum absolute atomic E-state index is 10.1. The predicted molar refractivity (Wildman–Crippen MR) is 40.9 cm³/mol. The number of phosphoric ester groups is 1. The average Bonchev–Trinajstić information content (AvgIpc) is 2.10. The lowest BCUT2D eigenvalue weighted by atomic mass is 10.2. The van der Waals surface area contributed by atoms with Crippen LogP contribution in [0.2, 0.25) is 0 Å². The Morgan fingerprint density at radius 3 is 2.14 bits per heavy atom. The Morgan fingerprint density at radius 1 is 1.29 bits per heavy atom. The molecule has 0 aliphatic carbocycles. The second-order valence-electron chi connectivity index (χ2n) is 2.42. The first kappa shape index (κ1) is 13.9. The molecule has 9 nitrogen and oxygen atoms in total. The van der Waals surface area contributed by atoms with Crippen LogP contribution >= 0.6 is 7.82 Å². The third-order valence-corrected chi connectivity index (χ3v) is 1.75. The molecule has 0 bridgehead atoms. The zero-order valence-electron chi connectivity index (χ0n) is 6.89. The summed E-state index contributed by atoms with van der Waals surface area (Å²) in [6.45, 7) is -0.885. The maximum Gasteiger partial charge on any atom is 0.469 e. The van der Waals surface area contributed by atoms with E-state index in [0.29, 0.717) is 0 Å². The van der Waals surface area contributed by atoms with Crippen LogP contribution in [0.15, 0.2) is 0 Å². The average molecular weight is 233 g/mol. The molecule has 0 saturated heterocycles. The topological polar surface area (TPSA) is 160 Å². The van der Waals surface area contributed by atoms with E-state index in [1.807, 2.05) is 0 Å². The highest BCUT2D eigenvalue weighted by Gasteiger charge is 2.27. The summed E-state index contributed by atoms with van der Waals surface area (Å²) in [5.41, 5.74) is 1.24. The van der Waals surface area contributed by atoms with Gasteiger partial charge in [-0.3, -0.25) is 4.52 Å². The SMILES string of the molecule is O=P(O)(O)OC[C@H](O)[C@@H](O)C(O)NO. The molecule has 0 saturated carbocycles. The van der Waals surface area contributed by atoms with Gasteiger partial charge in [-0.15, -0.1) is 0 Å². The lowest BCUT2D eigenvalue weighted by Gasteiger charge is -2.21. The van der Waals surface area contributed by atoms with Gasteiger partial charge in [0.25, 0.3) is 0 Å². The van der Waals surface area contributed by atoms with Crippen molar-refractivity contribution < 1.29 is 39.4 Å². The smallest absolute Gasteiger partial charge is 0.388 e. The molecule has 0 rings (SSSR count). The number of phosphoric acid groups is 1. The zero-order valence-corrected chi connectivity index (χ0v) is 7.78. The van der Waals surface area contributed by atoms with Gasteiger partial charge in [-0.05, 0) is 0 Å². The molecule has 10 heteroatoms. The standard InChI is InChI=1S/C4H12NO8P/c6-2(1-13-14(10,11)12)3(7)4(8)5-9/h2-9H,1H2,(H2,10,11,12)/t2-,3+,4?/m0/s1. The summed E-state index contributed by atoms with van der Waals surface area (Å²) in [5, 5.41) is 34.7. The number of aliphatic hydroxyl groups excluding tert-OH is 3. The van der Waals surface area contributed by atoms with Crippen molar-refractivity contribution in [1.82, 2.24) is 5.48 Å². The largest absolute Gasteiger partial charge is 0.469 e. The fourth-order valence-corrected chi connectivity index (χ4v) is 0.906. The normalized spacial score (nSPS) is 19.0. The molecular weight excluding hydrogens is 221 g/mol. The highest BCUT2D eigenvalue weighted by Crippen LogP contribution is 2.35. The summed E-state index contributed by atoms with van der Waals surface area (Å²) < 4.78 is 14.0. The van der Waals surface area contributed by atoms with E-state index >= 15 is 0 Å². The molecule has 0 radical (unpaired) electrons. The molecule has 86 valence electrons. The lowest BCUT2D eigenvalue weighted by Crippen LogP contribution is -2.46. The van der Waals surface area contributed by atoms with Crippen LogP contribution in [-0.4, -0.2) is 55.4 Å². The number of rotatable bonds is 6. The first-order valence-electron chi connectivity index (χ1n) is 3.42. The van der Waals surface area contributed by atoms with Crippen LogP contribution in [0.25, 0.3) is 0 Å². The van der Waals surface area contributed by atoms with Gasteiger partial charge in [-0.25, -0.2) is 4.57 Å². The first-order valence-corrected chi connectivity index (χ1v) is 4.95. The van der Waals surface area contributed by atoms with Crippen molar-refractivity contribution in [2.24, 2.45) is 0 Å². The number of aliphatic hydroxyl groups is 3. The van der Waals surface area contributed by atoms with E-state index in [9.17, 15) is 4.57 Å². The van der Waals surface area contributed by atoms with Crippen LogP contribution in [0, 0.1) is 0 Å². The molecule has 0 aliphatic rings. The number of hydroxylamine groups is 1. The van der Waals surface area contributed by atoms with Crippen molar-refractivity contribution in [3.8, 4) is 0 Å². The second kappa shape index (κ2) is 5.71. The van der Waals surface area contributed by atoms with E-state index in [1.54, 1.807) is 0 Å². The molecule has 7 N–H and O–H groups in total. The van der Waals surface area contributed by atoms with Gasteiger partial charge < -0.3 is 30.3 Å². The van der Waals surface area contributed by atoms with Gasteiger partial charge in [0.05, 0.1) is 6.61 Å². The molecule has 14 heavy (non-hydrogen) atoms. The summed E-state index contributed by atoms with van der Waals surface area (Å²) in [6.07, 6.45) is -5.44. The number of hydrogen-bond acceptors (Lipinski definition) is 7. The highest BCUT2D eigenvalue weighted by molar-refractivity contribution is 7.46. The van der Waals surface area contributed by atoms with Crippen molar-refractivity contribution in [3.63, 3.8) is 0 Å². The van der Waals surface area contributed by atoms with Gasteiger partial charge >= 0.3 is 7.82 Å². The van der Waals surface area contributed by atoms with Gasteiger partial charge in [-0.2, -0.15) is 5.48 Å². The van der Waals surface area contributed by atoms with E-state index in [1.165, 1.54) is 5.48 Å². The Hall–Kier alpha value is -0.0900. The fraction of sp³-hybridized carbons (Fsp3) is 1.00. The summed E-state index contributed by atoms with van der Waals surface area (Å²) in [4.78, 5) is 16.4. The second-order valence-corrected chi connectivity index (χ2v) is 3.66. The molecule has 0 heterocycles. The minimum atomic E-state index is -4.73. The molecule has 0 amide bonds. The number of nitrogens with one attached hydrogen (secondary N) is 1. The van der Waals surface area contributed by atoms with E-state index in [2.05, 4.69) is 4.52 Å². The molecule has 0 spiro atoms. The summed E-state index contributed by atoms with van der Waals surface area (Å²) in [7, 11) is -4.73. The van der Waals surface area contributed by atoms with Crippen LogP contribution in [0.5, 0.6) is 0 Å². The highest BCUT2D eigenvalue weighted by atomic mass is 31.2. The minimum Gasteiger partial charge on any atom is -0.388 e. The van der Waals surface area contributed by atoms with Crippen LogP contribution < -0.4 is 5.48 Å². The Kier molecular flexibility index (Phi) is 5.67. The molecule has 0 aliphatic heterocycles. The molecule has 3 atom stereocenters. The third-order valence-electron chi connectivity index (χ3n) is 1.26. The Bertz CT molecular complexity index is 206. The predicted octanol–water partition coefficient (Wildman–Crippen LogP) is -2.89. The monoisotopic (exact) mass is 233 g/mol. The van der Waals surface area contributed by atoms with Gasteiger partial charge in [0.1, 0.15) is 12.2 Å². The van der Waals surface area contributed by atoms with E-state index < -0.39 is 32.9 Å². The Labute approximate surface area is 78.8 Å². The lowest BCUT2D eigenvalue weighted by molar-refractivity contribution is -0.123. The van der Waals surface area contributed by atoms with Crippen molar-refractivity contribution >= 4 is 7.82 Å². The molecule has 0 aromatic heterocycles. The Morgan fingerprint density at radius 2 is 1.79 bits per heavy atom. The van der Waals surface area contributed by atoms with Gasteiger partial charge in [0.15, 0.2) is 6.23 Å². The fourth-order valence-electron chi connectivity index (χ4n) is 0.559. The van der Waals surface area contributed by atoms with Crippen molar-refractivity contribution in [1.29, 1.82) is 0 Å². The number of hydrogen-bond donors (Lipinski definition) is 7. The van der Waals surface area contributed by atoms with Gasteiger partial charge in [-0.1, -0.05) is 0 Å².